The van der Waals surface area contributed by atoms with Gasteiger partial charge in [0, 0.05) is 36.4 Å². The van der Waals surface area contributed by atoms with Gasteiger partial charge in [0.15, 0.2) is 5.69 Å². The fraction of sp³-hybridized carbons (Fsp3) is 0.444. The summed E-state index contributed by atoms with van der Waals surface area (Å²) in [6, 6.07) is 7.34. The van der Waals surface area contributed by atoms with E-state index in [1.54, 1.807) is 4.90 Å². The summed E-state index contributed by atoms with van der Waals surface area (Å²) in [5, 5.41) is 3.68. The Morgan fingerprint density at radius 2 is 1.86 bits per heavy atom. The molecule has 152 valence electrons. The second-order valence-corrected chi connectivity index (χ2v) is 7.58. The number of piperazine rings is 1. The zero-order chi connectivity index (χ0) is 20.6. The fourth-order valence-corrected chi connectivity index (χ4v) is 3.66. The normalized spacial score (nSPS) is 17.9. The standard InChI is InChI=1S/C18H19Cl2F3N4O/c1-11-9-25(14-5-3-13(19)4-6-14)7-8-26(11)15(28)10-27-12(2)16(20)17(24-27)18(21,22)23/h3-6,11H,7-10H2,1-2H3. The predicted molar refractivity (Wildman–Crippen MR) is 102 cm³/mol. The molecule has 28 heavy (non-hydrogen) atoms. The lowest BCUT2D eigenvalue weighted by atomic mass is 10.1. The Bertz CT molecular complexity index is 867. The number of alkyl halides is 3. The van der Waals surface area contributed by atoms with E-state index in [1.165, 1.54) is 6.92 Å². The van der Waals surface area contributed by atoms with Crippen LogP contribution in [-0.4, -0.2) is 46.3 Å². The molecule has 0 saturated carbocycles. The van der Waals surface area contributed by atoms with Crippen LogP contribution in [0.4, 0.5) is 18.9 Å². The van der Waals surface area contributed by atoms with Gasteiger partial charge < -0.3 is 9.80 Å². The molecule has 1 amide bonds. The largest absolute Gasteiger partial charge is 0.436 e. The Balaban J connectivity index is 1.68. The summed E-state index contributed by atoms with van der Waals surface area (Å²) in [5.41, 5.74) is -0.0391. The summed E-state index contributed by atoms with van der Waals surface area (Å²) in [4.78, 5) is 16.5. The van der Waals surface area contributed by atoms with E-state index in [9.17, 15) is 18.0 Å². The molecular formula is C18H19Cl2F3N4O. The zero-order valence-electron chi connectivity index (χ0n) is 15.3. The highest BCUT2D eigenvalue weighted by atomic mass is 35.5. The molecule has 1 aliphatic rings. The van der Waals surface area contributed by atoms with Crippen LogP contribution in [0.2, 0.25) is 10.0 Å². The molecule has 1 fully saturated rings. The number of aromatic nitrogens is 2. The average molecular weight is 435 g/mol. The Morgan fingerprint density at radius 3 is 2.39 bits per heavy atom. The Labute approximate surface area is 170 Å². The maximum absolute atomic E-state index is 13.0. The van der Waals surface area contributed by atoms with Crippen molar-refractivity contribution in [2.75, 3.05) is 24.5 Å². The van der Waals surface area contributed by atoms with Gasteiger partial charge in [0.25, 0.3) is 0 Å². The third-order valence-electron chi connectivity index (χ3n) is 4.83. The molecule has 0 aliphatic carbocycles. The molecule has 1 aromatic heterocycles. The molecule has 1 saturated heterocycles. The number of benzene rings is 1. The molecule has 1 unspecified atom stereocenters. The summed E-state index contributed by atoms with van der Waals surface area (Å²) >= 11 is 11.7. The van der Waals surface area contributed by atoms with Crippen LogP contribution >= 0.6 is 23.2 Å². The van der Waals surface area contributed by atoms with Crippen LogP contribution in [-0.2, 0) is 17.5 Å². The molecule has 0 spiro atoms. The molecule has 2 heterocycles. The van der Waals surface area contributed by atoms with Gasteiger partial charge in [0.1, 0.15) is 6.54 Å². The van der Waals surface area contributed by atoms with Crippen LogP contribution < -0.4 is 4.90 Å². The maximum Gasteiger partial charge on any atom is 0.436 e. The summed E-state index contributed by atoms with van der Waals surface area (Å²) in [7, 11) is 0. The first-order chi connectivity index (χ1) is 13.1. The topological polar surface area (TPSA) is 41.4 Å². The summed E-state index contributed by atoms with van der Waals surface area (Å²) in [6.07, 6.45) is -4.66. The lowest BCUT2D eigenvalue weighted by molar-refractivity contribution is -0.142. The number of carbonyl (C=O) groups is 1. The first-order valence-electron chi connectivity index (χ1n) is 8.68. The van der Waals surface area contributed by atoms with Gasteiger partial charge in [-0.25, -0.2) is 0 Å². The number of anilines is 1. The van der Waals surface area contributed by atoms with E-state index >= 15 is 0 Å². The van der Waals surface area contributed by atoms with E-state index < -0.39 is 16.9 Å². The molecular weight excluding hydrogens is 416 g/mol. The lowest BCUT2D eigenvalue weighted by Gasteiger charge is -2.41. The minimum absolute atomic E-state index is 0.106. The van der Waals surface area contributed by atoms with Gasteiger partial charge in [-0.05, 0) is 38.1 Å². The van der Waals surface area contributed by atoms with E-state index in [1.807, 2.05) is 31.2 Å². The second-order valence-electron chi connectivity index (χ2n) is 6.76. The molecule has 1 aliphatic heterocycles. The first-order valence-corrected chi connectivity index (χ1v) is 9.43. The molecule has 0 N–H and O–H groups in total. The Morgan fingerprint density at radius 1 is 1.21 bits per heavy atom. The molecule has 1 aromatic carbocycles. The summed E-state index contributed by atoms with van der Waals surface area (Å²) < 4.78 is 39.9. The van der Waals surface area contributed by atoms with Crippen molar-refractivity contribution in [2.24, 2.45) is 0 Å². The lowest BCUT2D eigenvalue weighted by Crippen LogP contribution is -2.54. The van der Waals surface area contributed by atoms with Crippen LogP contribution in [0.25, 0.3) is 0 Å². The number of hydrogen-bond acceptors (Lipinski definition) is 3. The number of nitrogens with zero attached hydrogens (tertiary/aromatic N) is 4. The van der Waals surface area contributed by atoms with Crippen molar-refractivity contribution < 1.29 is 18.0 Å². The molecule has 5 nitrogen and oxygen atoms in total. The van der Waals surface area contributed by atoms with Crippen LogP contribution in [0, 0.1) is 6.92 Å². The van der Waals surface area contributed by atoms with E-state index in [0.29, 0.717) is 24.7 Å². The van der Waals surface area contributed by atoms with Gasteiger partial charge in [0.2, 0.25) is 5.91 Å². The van der Waals surface area contributed by atoms with Crippen molar-refractivity contribution >= 4 is 34.8 Å². The van der Waals surface area contributed by atoms with Gasteiger partial charge in [-0.1, -0.05) is 23.2 Å². The van der Waals surface area contributed by atoms with E-state index in [4.69, 9.17) is 23.2 Å². The van der Waals surface area contributed by atoms with Gasteiger partial charge in [-0.3, -0.25) is 9.48 Å². The molecule has 10 heteroatoms. The summed E-state index contributed by atoms with van der Waals surface area (Å²) in [5.74, 6) is -0.292. The van der Waals surface area contributed by atoms with Crippen LogP contribution in [0.5, 0.6) is 0 Å². The van der Waals surface area contributed by atoms with Gasteiger partial charge in [0.05, 0.1) is 10.7 Å². The SMILES string of the molecule is Cc1c(Cl)c(C(F)(F)F)nn1CC(=O)N1CCN(c2ccc(Cl)cc2)CC1C. The number of amides is 1. The molecule has 2 aromatic rings. The minimum atomic E-state index is -4.66. The van der Waals surface area contributed by atoms with Crippen molar-refractivity contribution in [1.82, 2.24) is 14.7 Å². The zero-order valence-corrected chi connectivity index (χ0v) is 16.8. The fourth-order valence-electron chi connectivity index (χ4n) is 3.29. The number of hydrogen-bond donors (Lipinski definition) is 0. The van der Waals surface area contributed by atoms with Crippen LogP contribution in [0.3, 0.4) is 0 Å². The number of rotatable bonds is 3. The monoisotopic (exact) mass is 434 g/mol. The molecule has 3 rings (SSSR count). The Kier molecular flexibility index (Phi) is 5.82. The third-order valence-corrected chi connectivity index (χ3v) is 5.53. The van der Waals surface area contributed by atoms with Crippen molar-refractivity contribution in [3.05, 3.63) is 45.7 Å². The van der Waals surface area contributed by atoms with E-state index in [-0.39, 0.29) is 24.2 Å². The quantitative estimate of drug-likeness (QED) is 0.724. The number of halogens is 5. The molecule has 0 bridgehead atoms. The predicted octanol–water partition coefficient (Wildman–Crippen LogP) is 4.25. The maximum atomic E-state index is 13.0. The van der Waals surface area contributed by atoms with Crippen molar-refractivity contribution in [2.45, 2.75) is 32.6 Å². The van der Waals surface area contributed by atoms with Crippen molar-refractivity contribution in [3.8, 4) is 0 Å². The highest BCUT2D eigenvalue weighted by Gasteiger charge is 2.38. The van der Waals surface area contributed by atoms with Crippen LogP contribution in [0.1, 0.15) is 18.3 Å². The minimum Gasteiger partial charge on any atom is -0.368 e. The smallest absolute Gasteiger partial charge is 0.368 e. The van der Waals surface area contributed by atoms with E-state index in [0.717, 1.165) is 10.4 Å². The molecule has 0 radical (unpaired) electrons. The van der Waals surface area contributed by atoms with Crippen LogP contribution in [0.15, 0.2) is 24.3 Å². The van der Waals surface area contributed by atoms with Crippen molar-refractivity contribution in [3.63, 3.8) is 0 Å². The van der Waals surface area contributed by atoms with Gasteiger partial charge in [-0.2, -0.15) is 18.3 Å². The summed E-state index contributed by atoms with van der Waals surface area (Å²) in [6.45, 7) is 4.73. The van der Waals surface area contributed by atoms with Gasteiger partial charge >= 0.3 is 6.18 Å². The highest BCUT2D eigenvalue weighted by Crippen LogP contribution is 2.35. The average Bonchev–Trinajstić information content (AvgIpc) is 2.90. The second kappa shape index (κ2) is 7.83. The third kappa shape index (κ3) is 4.22. The Hall–Kier alpha value is -1.93. The highest BCUT2D eigenvalue weighted by molar-refractivity contribution is 6.32. The van der Waals surface area contributed by atoms with Gasteiger partial charge in [-0.15, -0.1) is 0 Å². The van der Waals surface area contributed by atoms with E-state index in [2.05, 4.69) is 10.00 Å². The molecule has 1 atom stereocenters. The van der Waals surface area contributed by atoms with Crippen molar-refractivity contribution in [1.29, 1.82) is 0 Å². The first kappa shape index (κ1) is 20.8. The number of carbonyl (C=O) groups excluding carboxylic acids is 1.